The lowest BCUT2D eigenvalue weighted by Crippen LogP contribution is -2.34. The first-order chi connectivity index (χ1) is 9.58. The zero-order valence-electron chi connectivity index (χ0n) is 10.3. The Morgan fingerprint density at radius 2 is 2.00 bits per heavy atom. The molecule has 0 aliphatic heterocycles. The molecule has 2 rings (SSSR count). The van der Waals surface area contributed by atoms with E-state index in [0.717, 1.165) is 3.79 Å². The lowest BCUT2D eigenvalue weighted by Gasteiger charge is -2.05. The molecule has 8 heteroatoms. The van der Waals surface area contributed by atoms with Gasteiger partial charge in [-0.2, -0.15) is 0 Å². The number of urea groups is 1. The maximum atomic E-state index is 11.8. The topological polar surface area (TPSA) is 80.3 Å². The average molecular weight is 356 g/mol. The minimum absolute atomic E-state index is 0.362. The van der Waals surface area contributed by atoms with Crippen LogP contribution in [0, 0.1) is 0 Å². The Bertz CT molecular complexity index is 627. The average Bonchev–Trinajstić information content (AvgIpc) is 2.84. The number of nitrogens with one attached hydrogen (secondary N) is 2. The Morgan fingerprint density at radius 1 is 1.30 bits per heavy atom. The van der Waals surface area contributed by atoms with Crippen LogP contribution in [0.4, 0.5) is 9.93 Å². The smallest absolute Gasteiger partial charge is 0.327 e. The number of aromatic nitrogens is 1. The normalized spacial score (nSPS) is 9.90. The van der Waals surface area contributed by atoms with Crippen molar-refractivity contribution in [3.8, 4) is 5.75 Å². The summed E-state index contributed by atoms with van der Waals surface area (Å²) in [6, 6.07) is 5.80. The van der Waals surface area contributed by atoms with Crippen molar-refractivity contribution in [1.82, 2.24) is 10.3 Å². The first-order valence-electron chi connectivity index (χ1n) is 5.46. The molecule has 20 heavy (non-hydrogen) atoms. The number of benzene rings is 1. The third-order valence-electron chi connectivity index (χ3n) is 2.28. The Hall–Kier alpha value is -1.93. The van der Waals surface area contributed by atoms with Gasteiger partial charge in [0, 0.05) is 5.56 Å². The minimum atomic E-state index is -0.632. The maximum absolute atomic E-state index is 11.8. The van der Waals surface area contributed by atoms with E-state index in [9.17, 15) is 9.59 Å². The molecular formula is C12H10BrN3O3S. The summed E-state index contributed by atoms with van der Waals surface area (Å²) in [5, 5.41) is 5.08. The molecule has 0 bridgehead atoms. The summed E-state index contributed by atoms with van der Waals surface area (Å²) in [4.78, 5) is 27.4. The number of amides is 3. The number of carbonyl (C=O) groups is 2. The highest BCUT2D eigenvalue weighted by atomic mass is 79.9. The predicted molar refractivity (Wildman–Crippen MR) is 79.3 cm³/mol. The fourth-order valence-corrected chi connectivity index (χ4v) is 2.46. The Morgan fingerprint density at radius 3 is 2.55 bits per heavy atom. The van der Waals surface area contributed by atoms with Crippen LogP contribution in [0.1, 0.15) is 10.4 Å². The number of rotatable bonds is 3. The number of thiazole rings is 1. The number of imide groups is 1. The molecule has 2 N–H and O–H groups in total. The highest BCUT2D eigenvalue weighted by molar-refractivity contribution is 9.11. The number of hydrogen-bond acceptors (Lipinski definition) is 5. The van der Waals surface area contributed by atoms with Crippen LogP contribution in [-0.2, 0) is 0 Å². The molecule has 2 aromatic rings. The van der Waals surface area contributed by atoms with Gasteiger partial charge < -0.3 is 4.74 Å². The van der Waals surface area contributed by atoms with Gasteiger partial charge in [0.15, 0.2) is 5.13 Å². The monoisotopic (exact) mass is 355 g/mol. The third-order valence-corrected chi connectivity index (χ3v) is 3.67. The Balaban J connectivity index is 1.94. The molecule has 0 aliphatic carbocycles. The Kier molecular flexibility index (Phi) is 4.70. The van der Waals surface area contributed by atoms with Crippen LogP contribution in [0.15, 0.2) is 34.2 Å². The van der Waals surface area contributed by atoms with Crippen molar-refractivity contribution < 1.29 is 14.3 Å². The molecule has 1 aromatic heterocycles. The SMILES string of the molecule is COc1ccc(C(=O)NC(=O)Nc2ncc(Br)s2)cc1. The molecule has 0 atom stereocenters. The third kappa shape index (κ3) is 3.78. The van der Waals surface area contributed by atoms with E-state index >= 15 is 0 Å². The van der Waals surface area contributed by atoms with Gasteiger partial charge >= 0.3 is 6.03 Å². The van der Waals surface area contributed by atoms with E-state index in [1.165, 1.54) is 18.4 Å². The van der Waals surface area contributed by atoms with Crippen molar-refractivity contribution in [2.45, 2.75) is 0 Å². The van der Waals surface area contributed by atoms with Crippen molar-refractivity contribution in [3.05, 3.63) is 39.8 Å². The van der Waals surface area contributed by atoms with E-state index in [2.05, 4.69) is 31.5 Å². The standard InChI is InChI=1S/C12H10BrN3O3S/c1-19-8-4-2-7(3-5-8)10(17)15-11(18)16-12-14-6-9(13)20-12/h2-6H,1H3,(H2,14,15,16,17,18). The van der Waals surface area contributed by atoms with Gasteiger partial charge in [0.25, 0.3) is 5.91 Å². The molecule has 1 aromatic carbocycles. The highest BCUT2D eigenvalue weighted by Gasteiger charge is 2.11. The fraction of sp³-hybridized carbons (Fsp3) is 0.0833. The van der Waals surface area contributed by atoms with Gasteiger partial charge in [-0.1, -0.05) is 11.3 Å². The van der Waals surface area contributed by atoms with Gasteiger partial charge in [-0.25, -0.2) is 9.78 Å². The summed E-state index contributed by atoms with van der Waals surface area (Å²) in [6.07, 6.45) is 1.56. The van der Waals surface area contributed by atoms with Crippen molar-refractivity contribution in [2.75, 3.05) is 12.4 Å². The van der Waals surface area contributed by atoms with E-state index < -0.39 is 11.9 Å². The van der Waals surface area contributed by atoms with Gasteiger partial charge in [-0.05, 0) is 40.2 Å². The van der Waals surface area contributed by atoms with Crippen LogP contribution in [-0.4, -0.2) is 24.0 Å². The van der Waals surface area contributed by atoms with Gasteiger partial charge in [-0.15, -0.1) is 0 Å². The van der Waals surface area contributed by atoms with E-state index in [4.69, 9.17) is 4.74 Å². The molecule has 0 radical (unpaired) electrons. The first kappa shape index (κ1) is 14.5. The number of anilines is 1. The zero-order valence-corrected chi connectivity index (χ0v) is 12.7. The molecule has 0 fully saturated rings. The van der Waals surface area contributed by atoms with E-state index in [1.54, 1.807) is 30.5 Å². The largest absolute Gasteiger partial charge is 0.497 e. The second kappa shape index (κ2) is 6.49. The van der Waals surface area contributed by atoms with E-state index in [0.29, 0.717) is 16.4 Å². The maximum Gasteiger partial charge on any atom is 0.327 e. The second-order valence-corrected chi connectivity index (χ2v) is 6.02. The summed E-state index contributed by atoms with van der Waals surface area (Å²) in [6.45, 7) is 0. The highest BCUT2D eigenvalue weighted by Crippen LogP contribution is 2.22. The van der Waals surface area contributed by atoms with Crippen LogP contribution in [0.5, 0.6) is 5.75 Å². The molecule has 0 unspecified atom stereocenters. The first-order valence-corrected chi connectivity index (χ1v) is 7.07. The van der Waals surface area contributed by atoms with Crippen molar-refractivity contribution >= 4 is 44.3 Å². The lowest BCUT2D eigenvalue weighted by atomic mass is 10.2. The van der Waals surface area contributed by atoms with Crippen LogP contribution in [0.25, 0.3) is 0 Å². The zero-order chi connectivity index (χ0) is 14.5. The molecular weight excluding hydrogens is 346 g/mol. The van der Waals surface area contributed by atoms with Gasteiger partial charge in [0.05, 0.1) is 17.1 Å². The van der Waals surface area contributed by atoms with Gasteiger partial charge in [-0.3, -0.25) is 15.4 Å². The number of halogens is 1. The van der Waals surface area contributed by atoms with Gasteiger partial charge in [0.2, 0.25) is 0 Å². The molecule has 6 nitrogen and oxygen atoms in total. The van der Waals surface area contributed by atoms with Crippen molar-refractivity contribution in [1.29, 1.82) is 0 Å². The number of hydrogen-bond donors (Lipinski definition) is 2. The van der Waals surface area contributed by atoms with E-state index in [-0.39, 0.29) is 0 Å². The summed E-state index contributed by atoms with van der Waals surface area (Å²) < 4.78 is 5.78. The second-order valence-electron chi connectivity index (χ2n) is 3.61. The van der Waals surface area contributed by atoms with Gasteiger partial charge in [0.1, 0.15) is 5.75 Å². The minimum Gasteiger partial charge on any atom is -0.497 e. The van der Waals surface area contributed by atoms with Crippen molar-refractivity contribution in [3.63, 3.8) is 0 Å². The van der Waals surface area contributed by atoms with E-state index in [1.807, 2.05) is 0 Å². The van der Waals surface area contributed by atoms with Crippen molar-refractivity contribution in [2.24, 2.45) is 0 Å². The number of nitrogens with zero attached hydrogens (tertiary/aromatic N) is 1. The molecule has 1 heterocycles. The van der Waals surface area contributed by atoms with Crippen LogP contribution < -0.4 is 15.4 Å². The summed E-state index contributed by atoms with van der Waals surface area (Å²) >= 11 is 4.48. The van der Waals surface area contributed by atoms with Crippen LogP contribution in [0.3, 0.4) is 0 Å². The van der Waals surface area contributed by atoms with Crippen LogP contribution >= 0.6 is 27.3 Å². The number of carbonyl (C=O) groups excluding carboxylic acids is 2. The number of methoxy groups -OCH3 is 1. The summed E-state index contributed by atoms with van der Waals surface area (Å²) in [5.74, 6) is 0.138. The number of ether oxygens (including phenoxy) is 1. The predicted octanol–water partition coefficient (Wildman–Crippen LogP) is 2.88. The summed E-state index contributed by atoms with van der Waals surface area (Å²) in [5.41, 5.74) is 0.362. The molecule has 0 saturated heterocycles. The fourth-order valence-electron chi connectivity index (χ4n) is 1.36. The quantitative estimate of drug-likeness (QED) is 0.886. The van der Waals surface area contributed by atoms with Crippen LogP contribution in [0.2, 0.25) is 0 Å². The molecule has 104 valence electrons. The molecule has 3 amide bonds. The molecule has 0 saturated carbocycles. The Labute approximate surface area is 127 Å². The molecule has 0 spiro atoms. The summed E-state index contributed by atoms with van der Waals surface area (Å²) in [7, 11) is 1.54. The molecule has 0 aliphatic rings. The lowest BCUT2D eigenvalue weighted by molar-refractivity contribution is 0.0967.